The molecule has 1 fully saturated rings. The summed E-state index contributed by atoms with van der Waals surface area (Å²) in [5, 5.41) is 17.3. The van der Waals surface area contributed by atoms with E-state index < -0.39 is 0 Å². The number of ether oxygens (including phenoxy) is 2. The van der Waals surface area contributed by atoms with Crippen LogP contribution >= 0.6 is 11.3 Å². The number of hydrogen-bond acceptors (Lipinski definition) is 8. The number of methoxy groups -OCH3 is 1. The molecular formula is C24H35N7O2S. The van der Waals surface area contributed by atoms with Gasteiger partial charge in [0, 0.05) is 49.0 Å². The molecule has 5 heterocycles. The van der Waals surface area contributed by atoms with Gasteiger partial charge in [-0.25, -0.2) is 4.68 Å². The molecule has 0 bridgehead atoms. The Kier molecular flexibility index (Phi) is 6.83. The Morgan fingerprint density at radius 2 is 2.24 bits per heavy atom. The summed E-state index contributed by atoms with van der Waals surface area (Å²) in [4.78, 5) is 5.53. The summed E-state index contributed by atoms with van der Waals surface area (Å²) < 4.78 is 15.6. The van der Waals surface area contributed by atoms with E-state index >= 15 is 0 Å². The molecule has 0 aliphatic carbocycles. The van der Waals surface area contributed by atoms with Crippen molar-refractivity contribution in [3.05, 3.63) is 45.4 Å². The first kappa shape index (κ1) is 23.6. The molecule has 1 unspecified atom stereocenters. The van der Waals surface area contributed by atoms with Crippen molar-refractivity contribution in [3.8, 4) is 0 Å². The van der Waals surface area contributed by atoms with Crippen molar-refractivity contribution in [2.75, 3.05) is 26.9 Å². The first-order valence-corrected chi connectivity index (χ1v) is 13.1. The zero-order valence-corrected chi connectivity index (χ0v) is 21.4. The highest BCUT2D eigenvalue weighted by atomic mass is 32.1. The lowest BCUT2D eigenvalue weighted by molar-refractivity contribution is -0.112. The van der Waals surface area contributed by atoms with Gasteiger partial charge >= 0.3 is 0 Å². The molecule has 1 spiro atoms. The van der Waals surface area contributed by atoms with E-state index in [2.05, 4.69) is 52.2 Å². The Morgan fingerprint density at radius 3 is 3.03 bits per heavy atom. The molecule has 0 N–H and O–H groups in total. The van der Waals surface area contributed by atoms with Crippen molar-refractivity contribution in [2.24, 2.45) is 0 Å². The fourth-order valence-electron chi connectivity index (χ4n) is 5.36. The maximum atomic E-state index is 6.50. The molecule has 1 saturated heterocycles. The highest BCUT2D eigenvalue weighted by Crippen LogP contribution is 2.46. The average molecular weight is 486 g/mol. The second kappa shape index (κ2) is 9.85. The number of likely N-dealkylation sites (tertiary alicyclic amines) is 1. The number of aryl methyl sites for hydroxylation is 1. The van der Waals surface area contributed by atoms with Crippen molar-refractivity contribution in [1.82, 2.24) is 34.7 Å². The van der Waals surface area contributed by atoms with Gasteiger partial charge in [0.1, 0.15) is 12.4 Å². The van der Waals surface area contributed by atoms with E-state index in [-0.39, 0.29) is 11.6 Å². The van der Waals surface area contributed by atoms with Gasteiger partial charge in [0.2, 0.25) is 0 Å². The van der Waals surface area contributed by atoms with Gasteiger partial charge < -0.3 is 14.0 Å². The fourth-order valence-corrected chi connectivity index (χ4v) is 6.54. The third kappa shape index (κ3) is 4.44. The largest absolute Gasteiger partial charge is 0.383 e. The normalized spacial score (nSPS) is 23.9. The quantitative estimate of drug-likeness (QED) is 0.484. The van der Waals surface area contributed by atoms with Crippen LogP contribution in [0.3, 0.4) is 0 Å². The lowest BCUT2D eigenvalue weighted by Gasteiger charge is -2.47. The molecule has 0 radical (unpaired) electrons. The van der Waals surface area contributed by atoms with Gasteiger partial charge in [-0.2, -0.15) is 0 Å². The maximum absolute atomic E-state index is 6.50. The Balaban J connectivity index is 1.25. The van der Waals surface area contributed by atoms with Crippen molar-refractivity contribution in [3.63, 3.8) is 0 Å². The number of fused-ring (bicyclic) bond motifs is 2. The summed E-state index contributed by atoms with van der Waals surface area (Å²) in [6, 6.07) is 2.77. The van der Waals surface area contributed by atoms with E-state index in [1.807, 2.05) is 26.8 Å². The standard InChI is InChI=1S/C24H35N7O2S/c1-5-20-12-21-22(34-20)6-10-33-24(21)7-8-29(17(2)13-24)14-19-15-31(28-26-19)18(3)23-27-25-16-30(23)9-11-32-4/h12,15-18H,5-11,13-14H2,1-4H3/t17-,18?,24+/m0/s1. The number of rotatable bonds is 8. The van der Waals surface area contributed by atoms with Crippen LogP contribution in [-0.4, -0.2) is 67.6 Å². The van der Waals surface area contributed by atoms with Crippen LogP contribution in [-0.2, 0) is 41.0 Å². The summed E-state index contributed by atoms with van der Waals surface area (Å²) >= 11 is 1.98. The van der Waals surface area contributed by atoms with Gasteiger partial charge in [0.05, 0.1) is 30.7 Å². The second-order valence-electron chi connectivity index (χ2n) is 9.51. The molecule has 3 aromatic rings. The van der Waals surface area contributed by atoms with Gasteiger partial charge in [-0.05, 0) is 44.7 Å². The number of hydrogen-bond donors (Lipinski definition) is 0. The lowest BCUT2D eigenvalue weighted by Crippen LogP contribution is -2.50. The van der Waals surface area contributed by atoms with Crippen LogP contribution < -0.4 is 0 Å². The first-order valence-electron chi connectivity index (χ1n) is 12.3. The molecule has 2 aliphatic heterocycles. The monoisotopic (exact) mass is 485 g/mol. The molecule has 0 aromatic carbocycles. The van der Waals surface area contributed by atoms with Crippen LogP contribution in [0.4, 0.5) is 0 Å². The Morgan fingerprint density at radius 1 is 1.35 bits per heavy atom. The minimum atomic E-state index is -0.119. The molecule has 10 heteroatoms. The predicted octanol–water partition coefficient (Wildman–Crippen LogP) is 3.20. The molecule has 0 saturated carbocycles. The van der Waals surface area contributed by atoms with E-state index in [1.54, 1.807) is 18.3 Å². The van der Waals surface area contributed by atoms with Crippen molar-refractivity contribution in [2.45, 2.75) is 77.2 Å². The zero-order chi connectivity index (χ0) is 23.7. The van der Waals surface area contributed by atoms with Gasteiger partial charge in [-0.1, -0.05) is 12.1 Å². The van der Waals surface area contributed by atoms with E-state index in [9.17, 15) is 0 Å². The van der Waals surface area contributed by atoms with Crippen LogP contribution in [0, 0.1) is 0 Å². The topological polar surface area (TPSA) is 83.1 Å². The highest BCUT2D eigenvalue weighted by molar-refractivity contribution is 7.12. The SMILES string of the molecule is CCc1cc2c(s1)CCO[C@@]21CCN(Cc2cn(C(C)c3nncn3CCOC)nn2)[C@@H](C)C1. The molecule has 0 amide bonds. The smallest absolute Gasteiger partial charge is 0.157 e. The minimum absolute atomic E-state index is 0.0527. The molecule has 34 heavy (non-hydrogen) atoms. The molecule has 3 aromatic heterocycles. The van der Waals surface area contributed by atoms with Crippen molar-refractivity contribution < 1.29 is 9.47 Å². The first-order chi connectivity index (χ1) is 16.5. The van der Waals surface area contributed by atoms with Crippen LogP contribution in [0.5, 0.6) is 0 Å². The maximum Gasteiger partial charge on any atom is 0.157 e. The van der Waals surface area contributed by atoms with Crippen LogP contribution in [0.25, 0.3) is 0 Å². The van der Waals surface area contributed by atoms with Crippen molar-refractivity contribution >= 4 is 11.3 Å². The fraction of sp³-hybridized carbons (Fsp3) is 0.667. The van der Waals surface area contributed by atoms with Crippen LogP contribution in [0.2, 0.25) is 0 Å². The second-order valence-corrected chi connectivity index (χ2v) is 10.7. The average Bonchev–Trinajstić information content (AvgIpc) is 3.59. The van der Waals surface area contributed by atoms with Gasteiger partial charge in [0.25, 0.3) is 0 Å². The number of aromatic nitrogens is 6. The van der Waals surface area contributed by atoms with Gasteiger partial charge in [0.15, 0.2) is 5.82 Å². The molecule has 9 nitrogen and oxygen atoms in total. The van der Waals surface area contributed by atoms with E-state index in [4.69, 9.17) is 9.47 Å². The molecular weight excluding hydrogens is 450 g/mol. The minimum Gasteiger partial charge on any atom is -0.383 e. The summed E-state index contributed by atoms with van der Waals surface area (Å²) in [5.41, 5.74) is 2.32. The van der Waals surface area contributed by atoms with Gasteiger partial charge in [-0.15, -0.1) is 26.6 Å². The zero-order valence-electron chi connectivity index (χ0n) is 20.6. The van der Waals surface area contributed by atoms with Crippen LogP contribution in [0.1, 0.15) is 66.5 Å². The number of thiophene rings is 1. The molecule has 3 atom stereocenters. The van der Waals surface area contributed by atoms with Gasteiger partial charge in [-0.3, -0.25) is 4.90 Å². The summed E-state index contributed by atoms with van der Waals surface area (Å²) in [5.74, 6) is 0.856. The van der Waals surface area contributed by atoms with E-state index in [1.165, 1.54) is 10.4 Å². The van der Waals surface area contributed by atoms with E-state index in [0.29, 0.717) is 19.2 Å². The predicted molar refractivity (Wildman–Crippen MR) is 130 cm³/mol. The van der Waals surface area contributed by atoms with E-state index in [0.717, 1.165) is 56.9 Å². The van der Waals surface area contributed by atoms with Crippen molar-refractivity contribution in [1.29, 1.82) is 0 Å². The lowest BCUT2D eigenvalue weighted by atomic mass is 9.79. The Bertz CT molecular complexity index is 1110. The third-order valence-corrected chi connectivity index (χ3v) is 8.67. The Hall–Kier alpha value is -2.14. The number of nitrogens with zero attached hydrogens (tertiary/aromatic N) is 7. The molecule has 2 aliphatic rings. The summed E-state index contributed by atoms with van der Waals surface area (Å²) in [6.45, 7) is 10.6. The molecule has 5 rings (SSSR count). The number of piperidine rings is 1. The van der Waals surface area contributed by atoms with Crippen LogP contribution in [0.15, 0.2) is 18.6 Å². The highest BCUT2D eigenvalue weighted by Gasteiger charge is 2.44. The molecule has 184 valence electrons. The summed E-state index contributed by atoms with van der Waals surface area (Å²) in [7, 11) is 1.70. The Labute approximate surface area is 205 Å². The third-order valence-electron chi connectivity index (χ3n) is 7.33. The summed E-state index contributed by atoms with van der Waals surface area (Å²) in [6.07, 6.45) is 7.99.